The Hall–Kier alpha value is -2.62. The van der Waals surface area contributed by atoms with E-state index < -0.39 is 5.41 Å². The summed E-state index contributed by atoms with van der Waals surface area (Å²) in [5.41, 5.74) is 2.04. The highest BCUT2D eigenvalue weighted by molar-refractivity contribution is 6.09. The Morgan fingerprint density at radius 1 is 0.958 bits per heavy atom. The van der Waals surface area contributed by atoms with E-state index in [4.69, 9.17) is 0 Å². The molecule has 0 unspecified atom stereocenters. The smallest absolute Gasteiger partial charge is 0.239 e. The predicted octanol–water partition coefficient (Wildman–Crippen LogP) is 3.24. The van der Waals surface area contributed by atoms with Crippen molar-refractivity contribution in [3.05, 3.63) is 65.7 Å². The fraction of sp³-hybridized carbons (Fsp3) is 0.300. The molecule has 2 aromatic carbocycles. The van der Waals surface area contributed by atoms with E-state index >= 15 is 0 Å². The van der Waals surface area contributed by atoms with E-state index in [1.54, 1.807) is 18.7 Å². The lowest BCUT2D eigenvalue weighted by Crippen LogP contribution is -2.48. The van der Waals surface area contributed by atoms with Crippen LogP contribution in [0.1, 0.15) is 25.0 Å². The summed E-state index contributed by atoms with van der Waals surface area (Å²) < 4.78 is 0. The highest BCUT2D eigenvalue weighted by Crippen LogP contribution is 2.26. The minimum atomic E-state index is -1.11. The fourth-order valence-electron chi connectivity index (χ4n) is 2.97. The number of hydrogen-bond donors (Lipinski definition) is 1. The summed E-state index contributed by atoms with van der Waals surface area (Å²) in [4.78, 5) is 27.3. The summed E-state index contributed by atoms with van der Waals surface area (Å²) in [7, 11) is 0. The minimum absolute atomic E-state index is 0.134. The van der Waals surface area contributed by atoms with Crippen molar-refractivity contribution < 1.29 is 9.59 Å². The molecule has 1 aliphatic rings. The van der Waals surface area contributed by atoms with E-state index in [0.717, 1.165) is 12.0 Å². The van der Waals surface area contributed by atoms with Crippen molar-refractivity contribution in [2.75, 3.05) is 11.9 Å². The van der Waals surface area contributed by atoms with E-state index in [9.17, 15) is 9.59 Å². The molecule has 4 nitrogen and oxygen atoms in total. The molecule has 1 aliphatic heterocycles. The normalized spacial score (nSPS) is 14.0. The van der Waals surface area contributed by atoms with Crippen LogP contribution < -0.4 is 5.32 Å². The van der Waals surface area contributed by atoms with Gasteiger partial charge in [0.05, 0.1) is 0 Å². The third-order valence-electron chi connectivity index (χ3n) is 4.55. The number of fused-ring (bicyclic) bond motifs is 1. The number of hydrogen-bond acceptors (Lipinski definition) is 2. The van der Waals surface area contributed by atoms with Crippen molar-refractivity contribution in [2.45, 2.75) is 26.8 Å². The van der Waals surface area contributed by atoms with Gasteiger partial charge >= 0.3 is 0 Å². The average Bonchev–Trinajstić information content (AvgIpc) is 2.61. The molecule has 3 rings (SSSR count). The standard InChI is InChI=1S/C20H22N2O2/c1-20(2,18(23)21-17-10-4-3-5-11-17)19(24)22-13-12-15-8-6-7-9-16(15)14-22/h3-11H,12-14H2,1-2H3,(H,21,23). The Bertz CT molecular complexity index is 753. The number of nitrogens with zero attached hydrogens (tertiary/aromatic N) is 1. The maximum Gasteiger partial charge on any atom is 0.239 e. The Morgan fingerprint density at radius 3 is 2.29 bits per heavy atom. The monoisotopic (exact) mass is 322 g/mol. The first-order valence-corrected chi connectivity index (χ1v) is 8.21. The van der Waals surface area contributed by atoms with Gasteiger partial charge in [-0.3, -0.25) is 9.59 Å². The van der Waals surface area contributed by atoms with Gasteiger partial charge in [0, 0.05) is 18.8 Å². The zero-order chi connectivity index (χ0) is 17.2. The highest BCUT2D eigenvalue weighted by Gasteiger charge is 2.40. The molecular formula is C20H22N2O2. The third-order valence-corrected chi connectivity index (χ3v) is 4.55. The van der Waals surface area contributed by atoms with E-state index in [2.05, 4.69) is 11.4 Å². The SMILES string of the molecule is CC(C)(C(=O)Nc1ccccc1)C(=O)N1CCc2ccccc2C1. The number of amides is 2. The van der Waals surface area contributed by atoms with Gasteiger partial charge in [-0.2, -0.15) is 0 Å². The number of carbonyl (C=O) groups is 2. The first-order chi connectivity index (χ1) is 11.5. The number of anilines is 1. The van der Waals surface area contributed by atoms with Gasteiger partial charge in [0.1, 0.15) is 5.41 Å². The molecule has 0 saturated heterocycles. The Labute approximate surface area is 142 Å². The predicted molar refractivity (Wildman–Crippen MR) is 94.4 cm³/mol. The number of rotatable bonds is 3. The third kappa shape index (κ3) is 3.18. The Kier molecular flexibility index (Phi) is 4.38. The van der Waals surface area contributed by atoms with E-state index in [1.165, 1.54) is 5.56 Å². The summed E-state index contributed by atoms with van der Waals surface area (Å²) >= 11 is 0. The summed E-state index contributed by atoms with van der Waals surface area (Å²) in [6.45, 7) is 4.59. The van der Waals surface area contributed by atoms with E-state index in [0.29, 0.717) is 18.8 Å². The molecule has 0 bridgehead atoms. The van der Waals surface area contributed by atoms with Crippen LogP contribution in [0.15, 0.2) is 54.6 Å². The lowest BCUT2D eigenvalue weighted by molar-refractivity contribution is -0.147. The molecule has 24 heavy (non-hydrogen) atoms. The lowest BCUT2D eigenvalue weighted by Gasteiger charge is -2.34. The number of nitrogens with one attached hydrogen (secondary N) is 1. The van der Waals surface area contributed by atoms with Gasteiger partial charge in [-0.05, 0) is 43.5 Å². The van der Waals surface area contributed by atoms with Crippen molar-refractivity contribution in [3.63, 3.8) is 0 Å². The van der Waals surface area contributed by atoms with Crippen LogP contribution in [0.5, 0.6) is 0 Å². The van der Waals surface area contributed by atoms with Crippen LogP contribution in [0.4, 0.5) is 5.69 Å². The average molecular weight is 322 g/mol. The number of benzene rings is 2. The van der Waals surface area contributed by atoms with Gasteiger partial charge in [0.2, 0.25) is 11.8 Å². The molecule has 1 heterocycles. The molecule has 1 N–H and O–H groups in total. The van der Waals surface area contributed by atoms with Gasteiger partial charge in [0.25, 0.3) is 0 Å². The molecule has 0 aromatic heterocycles. The molecular weight excluding hydrogens is 300 g/mol. The zero-order valence-electron chi connectivity index (χ0n) is 14.1. The fourth-order valence-corrected chi connectivity index (χ4v) is 2.97. The topological polar surface area (TPSA) is 49.4 Å². The van der Waals surface area contributed by atoms with Crippen LogP contribution in [0.2, 0.25) is 0 Å². The second kappa shape index (κ2) is 6.48. The van der Waals surface area contributed by atoms with Crippen molar-refractivity contribution >= 4 is 17.5 Å². The minimum Gasteiger partial charge on any atom is -0.337 e. The molecule has 0 aliphatic carbocycles. The van der Waals surface area contributed by atoms with E-state index in [1.807, 2.05) is 48.5 Å². The molecule has 0 fully saturated rings. The largest absolute Gasteiger partial charge is 0.337 e. The second-order valence-corrected chi connectivity index (χ2v) is 6.69. The zero-order valence-corrected chi connectivity index (χ0v) is 14.1. The second-order valence-electron chi connectivity index (χ2n) is 6.69. The van der Waals surface area contributed by atoms with Crippen molar-refractivity contribution in [1.29, 1.82) is 0 Å². The van der Waals surface area contributed by atoms with Crippen LogP contribution >= 0.6 is 0 Å². The maximum absolute atomic E-state index is 12.9. The van der Waals surface area contributed by atoms with Crippen molar-refractivity contribution in [1.82, 2.24) is 4.90 Å². The van der Waals surface area contributed by atoms with Gasteiger partial charge in [-0.25, -0.2) is 0 Å². The highest BCUT2D eigenvalue weighted by atomic mass is 16.2. The van der Waals surface area contributed by atoms with Crippen molar-refractivity contribution in [2.24, 2.45) is 5.41 Å². The van der Waals surface area contributed by atoms with Crippen LogP contribution in [-0.4, -0.2) is 23.3 Å². The van der Waals surface area contributed by atoms with Crippen LogP contribution in [-0.2, 0) is 22.6 Å². The quantitative estimate of drug-likeness (QED) is 0.882. The van der Waals surface area contributed by atoms with Gasteiger partial charge in [0.15, 0.2) is 0 Å². The van der Waals surface area contributed by atoms with Gasteiger partial charge < -0.3 is 10.2 Å². The Balaban J connectivity index is 1.72. The lowest BCUT2D eigenvalue weighted by atomic mass is 9.88. The van der Waals surface area contributed by atoms with Gasteiger partial charge in [-0.15, -0.1) is 0 Å². The number of para-hydroxylation sites is 1. The molecule has 2 amide bonds. The molecule has 4 heteroatoms. The summed E-state index contributed by atoms with van der Waals surface area (Å²) in [5.74, 6) is -0.414. The van der Waals surface area contributed by atoms with Gasteiger partial charge in [-0.1, -0.05) is 42.5 Å². The van der Waals surface area contributed by atoms with Crippen LogP contribution in [0, 0.1) is 5.41 Å². The van der Waals surface area contributed by atoms with E-state index in [-0.39, 0.29) is 11.8 Å². The molecule has 2 aromatic rings. The number of carbonyl (C=O) groups excluding carboxylic acids is 2. The van der Waals surface area contributed by atoms with Crippen molar-refractivity contribution in [3.8, 4) is 0 Å². The van der Waals surface area contributed by atoms with Crippen LogP contribution in [0.3, 0.4) is 0 Å². The molecule has 0 saturated carbocycles. The molecule has 0 atom stereocenters. The molecule has 0 spiro atoms. The maximum atomic E-state index is 12.9. The molecule has 124 valence electrons. The summed E-state index contributed by atoms with van der Waals surface area (Å²) in [6, 6.07) is 17.4. The first kappa shape index (κ1) is 16.2. The van der Waals surface area contributed by atoms with Crippen LogP contribution in [0.25, 0.3) is 0 Å². The first-order valence-electron chi connectivity index (χ1n) is 8.21. The summed E-state index contributed by atoms with van der Waals surface area (Å²) in [6.07, 6.45) is 0.832. The molecule has 0 radical (unpaired) electrons. The summed E-state index contributed by atoms with van der Waals surface area (Å²) in [5, 5.41) is 2.83. The Morgan fingerprint density at radius 2 is 1.58 bits per heavy atom.